The van der Waals surface area contributed by atoms with Gasteiger partial charge >= 0.3 is 0 Å². The van der Waals surface area contributed by atoms with Gasteiger partial charge in [-0.25, -0.2) is 0 Å². The maximum atomic E-state index is 3.38. The van der Waals surface area contributed by atoms with Gasteiger partial charge in [0, 0.05) is 45.0 Å². The first-order valence-electron chi connectivity index (χ1n) is 6.63. The maximum Gasteiger partial charge on any atom is 0.0367 e. The zero-order chi connectivity index (χ0) is 11.9. The summed E-state index contributed by atoms with van der Waals surface area (Å²) in [6.45, 7) is 10.2. The minimum atomic E-state index is 1.07. The first-order valence-corrected chi connectivity index (χ1v) is 6.63. The van der Waals surface area contributed by atoms with Crippen LogP contribution < -0.4 is 10.2 Å². The molecule has 0 aromatic heterocycles. The lowest BCUT2D eigenvalue weighted by atomic mass is 10.2. The molecule has 0 aliphatic carbocycles. The number of nitrogens with one attached hydrogen (secondary N) is 1. The maximum absolute atomic E-state index is 3.38. The first-order chi connectivity index (χ1) is 8.40. The molecule has 1 aromatic carbocycles. The van der Waals surface area contributed by atoms with Crippen LogP contribution in [-0.2, 0) is 0 Å². The van der Waals surface area contributed by atoms with E-state index >= 15 is 0 Å². The highest BCUT2D eigenvalue weighted by molar-refractivity contribution is 5.46. The normalized spacial score (nSPS) is 17.4. The summed E-state index contributed by atoms with van der Waals surface area (Å²) in [6.07, 6.45) is 0. The molecule has 0 radical (unpaired) electrons. The van der Waals surface area contributed by atoms with E-state index in [4.69, 9.17) is 0 Å². The minimum Gasteiger partial charge on any atom is -0.369 e. The van der Waals surface area contributed by atoms with Crippen molar-refractivity contribution in [3.8, 4) is 0 Å². The summed E-state index contributed by atoms with van der Waals surface area (Å²) in [5.41, 5.74) is 1.36. The molecule has 1 saturated heterocycles. The van der Waals surface area contributed by atoms with E-state index in [2.05, 4.69) is 52.4 Å². The lowest BCUT2D eigenvalue weighted by molar-refractivity contribution is 0.258. The molecular formula is C14H23N3. The van der Waals surface area contributed by atoms with Crippen molar-refractivity contribution in [3.63, 3.8) is 0 Å². The van der Waals surface area contributed by atoms with Crippen LogP contribution in [0.2, 0.25) is 0 Å². The van der Waals surface area contributed by atoms with E-state index < -0.39 is 0 Å². The van der Waals surface area contributed by atoms with Crippen LogP contribution in [0.1, 0.15) is 6.92 Å². The van der Waals surface area contributed by atoms with E-state index in [0.29, 0.717) is 0 Å². The largest absolute Gasteiger partial charge is 0.369 e. The molecule has 3 nitrogen and oxygen atoms in total. The highest BCUT2D eigenvalue weighted by atomic mass is 15.3. The van der Waals surface area contributed by atoms with Crippen LogP contribution >= 0.6 is 0 Å². The third kappa shape index (κ3) is 3.72. The average molecular weight is 233 g/mol. The summed E-state index contributed by atoms with van der Waals surface area (Å²) in [7, 11) is 0. The molecule has 1 aromatic rings. The zero-order valence-electron chi connectivity index (χ0n) is 10.7. The van der Waals surface area contributed by atoms with E-state index in [0.717, 1.165) is 26.2 Å². The number of hydrogen-bond donors (Lipinski definition) is 1. The van der Waals surface area contributed by atoms with Crippen molar-refractivity contribution < 1.29 is 0 Å². The van der Waals surface area contributed by atoms with Crippen LogP contribution in [0.3, 0.4) is 0 Å². The van der Waals surface area contributed by atoms with Crippen molar-refractivity contribution in [2.45, 2.75) is 6.92 Å². The molecule has 2 rings (SSSR count). The fourth-order valence-electron chi connectivity index (χ4n) is 2.28. The fraction of sp³-hybridized carbons (Fsp3) is 0.571. The predicted molar refractivity (Wildman–Crippen MR) is 73.6 cm³/mol. The number of likely N-dealkylation sites (N-methyl/N-ethyl adjacent to an activating group) is 1. The molecule has 1 heterocycles. The molecule has 94 valence electrons. The number of para-hydroxylation sites is 1. The van der Waals surface area contributed by atoms with E-state index in [9.17, 15) is 0 Å². The smallest absolute Gasteiger partial charge is 0.0367 e. The monoisotopic (exact) mass is 233 g/mol. The number of anilines is 1. The Labute approximate surface area is 104 Å². The van der Waals surface area contributed by atoms with E-state index in [-0.39, 0.29) is 0 Å². The lowest BCUT2D eigenvalue weighted by Gasteiger charge is -2.36. The standard InChI is InChI=1S/C14H23N3/c1-2-15-8-9-16-10-12-17(13-11-16)14-6-4-3-5-7-14/h3-7,15H,2,8-13H2,1H3. The topological polar surface area (TPSA) is 18.5 Å². The van der Waals surface area contributed by atoms with Gasteiger partial charge in [0.15, 0.2) is 0 Å². The molecule has 0 spiro atoms. The van der Waals surface area contributed by atoms with Crippen molar-refractivity contribution in [1.82, 2.24) is 10.2 Å². The van der Waals surface area contributed by atoms with Gasteiger partial charge in [-0.3, -0.25) is 4.90 Å². The molecule has 1 N–H and O–H groups in total. The van der Waals surface area contributed by atoms with Gasteiger partial charge in [-0.2, -0.15) is 0 Å². The second-order valence-corrected chi connectivity index (χ2v) is 4.52. The van der Waals surface area contributed by atoms with E-state index in [1.54, 1.807) is 0 Å². The van der Waals surface area contributed by atoms with Crippen molar-refractivity contribution >= 4 is 5.69 Å². The molecule has 1 aliphatic rings. The predicted octanol–water partition coefficient (Wildman–Crippen LogP) is 1.42. The molecule has 1 fully saturated rings. The summed E-state index contributed by atoms with van der Waals surface area (Å²) in [5.74, 6) is 0. The summed E-state index contributed by atoms with van der Waals surface area (Å²) in [5, 5.41) is 3.38. The van der Waals surface area contributed by atoms with Crippen LogP contribution in [0.4, 0.5) is 5.69 Å². The summed E-state index contributed by atoms with van der Waals surface area (Å²) in [6, 6.07) is 10.7. The Morgan fingerprint density at radius 1 is 1.06 bits per heavy atom. The zero-order valence-corrected chi connectivity index (χ0v) is 10.7. The van der Waals surface area contributed by atoms with Crippen LogP contribution in [0, 0.1) is 0 Å². The Morgan fingerprint density at radius 2 is 1.76 bits per heavy atom. The van der Waals surface area contributed by atoms with Gasteiger partial charge in [-0.1, -0.05) is 25.1 Å². The van der Waals surface area contributed by atoms with Gasteiger partial charge in [0.2, 0.25) is 0 Å². The SMILES string of the molecule is CCNCCN1CCN(c2ccccc2)CC1. The van der Waals surface area contributed by atoms with Crippen LogP contribution in [0.25, 0.3) is 0 Å². The van der Waals surface area contributed by atoms with Crippen LogP contribution in [0.15, 0.2) is 30.3 Å². The Morgan fingerprint density at radius 3 is 2.41 bits per heavy atom. The fourth-order valence-corrected chi connectivity index (χ4v) is 2.28. The molecule has 17 heavy (non-hydrogen) atoms. The van der Waals surface area contributed by atoms with Crippen LogP contribution in [-0.4, -0.2) is 50.7 Å². The van der Waals surface area contributed by atoms with Gasteiger partial charge < -0.3 is 10.2 Å². The highest BCUT2D eigenvalue weighted by Gasteiger charge is 2.16. The Balaban J connectivity index is 1.74. The number of nitrogens with zero attached hydrogens (tertiary/aromatic N) is 2. The van der Waals surface area contributed by atoms with Gasteiger partial charge in [0.05, 0.1) is 0 Å². The number of rotatable bonds is 5. The number of benzene rings is 1. The van der Waals surface area contributed by atoms with Crippen molar-refractivity contribution in [3.05, 3.63) is 30.3 Å². The van der Waals surface area contributed by atoms with Gasteiger partial charge in [-0.05, 0) is 18.7 Å². The second-order valence-electron chi connectivity index (χ2n) is 4.52. The summed E-state index contributed by atoms with van der Waals surface area (Å²) >= 11 is 0. The van der Waals surface area contributed by atoms with E-state index in [1.165, 1.54) is 25.3 Å². The minimum absolute atomic E-state index is 1.07. The second kappa shape index (κ2) is 6.62. The highest BCUT2D eigenvalue weighted by Crippen LogP contribution is 2.15. The Kier molecular flexibility index (Phi) is 4.83. The third-order valence-corrected chi connectivity index (χ3v) is 3.35. The Hall–Kier alpha value is -1.06. The van der Waals surface area contributed by atoms with E-state index in [1.807, 2.05) is 0 Å². The molecule has 0 saturated carbocycles. The first kappa shape index (κ1) is 12.4. The van der Waals surface area contributed by atoms with Crippen molar-refractivity contribution in [2.75, 3.05) is 50.7 Å². The quantitative estimate of drug-likeness (QED) is 0.776. The van der Waals surface area contributed by atoms with Crippen molar-refractivity contribution in [2.24, 2.45) is 0 Å². The molecular weight excluding hydrogens is 210 g/mol. The lowest BCUT2D eigenvalue weighted by Crippen LogP contribution is -2.48. The third-order valence-electron chi connectivity index (χ3n) is 3.35. The molecule has 3 heteroatoms. The summed E-state index contributed by atoms with van der Waals surface area (Å²) in [4.78, 5) is 5.02. The number of piperazine rings is 1. The number of hydrogen-bond acceptors (Lipinski definition) is 3. The Bertz CT molecular complexity index is 305. The summed E-state index contributed by atoms with van der Waals surface area (Å²) < 4.78 is 0. The van der Waals surface area contributed by atoms with Gasteiger partial charge in [-0.15, -0.1) is 0 Å². The molecule has 0 amide bonds. The van der Waals surface area contributed by atoms with Crippen LogP contribution in [0.5, 0.6) is 0 Å². The molecule has 0 unspecified atom stereocenters. The van der Waals surface area contributed by atoms with Crippen molar-refractivity contribution in [1.29, 1.82) is 0 Å². The average Bonchev–Trinajstić information content (AvgIpc) is 2.41. The van der Waals surface area contributed by atoms with Gasteiger partial charge in [0.25, 0.3) is 0 Å². The molecule has 0 bridgehead atoms. The molecule has 0 atom stereocenters. The molecule has 1 aliphatic heterocycles. The van der Waals surface area contributed by atoms with Gasteiger partial charge in [0.1, 0.15) is 0 Å².